The number of hydrogen-bond acceptors (Lipinski definition) is 1. The van der Waals surface area contributed by atoms with Crippen molar-refractivity contribution < 1.29 is 9.13 Å². The molecule has 2 aliphatic rings. The summed E-state index contributed by atoms with van der Waals surface area (Å²) < 4.78 is 22.0. The van der Waals surface area contributed by atoms with Crippen LogP contribution in [-0.4, -0.2) is 0 Å². The van der Waals surface area contributed by atoms with Crippen molar-refractivity contribution in [1.82, 2.24) is 0 Å². The molecule has 6 rings (SSSR count). The fourth-order valence-electron chi connectivity index (χ4n) is 5.25. The Labute approximate surface area is 169 Å². The molecule has 0 spiro atoms. The third-order valence-corrected chi connectivity index (χ3v) is 6.35. The first kappa shape index (κ1) is 16.7. The molecule has 0 bridgehead atoms. The molecule has 2 heteroatoms. The number of hydrogen-bond donors (Lipinski definition) is 0. The minimum absolute atomic E-state index is 0.0575. The Morgan fingerprint density at radius 1 is 0.759 bits per heavy atom. The van der Waals surface area contributed by atoms with Gasteiger partial charge in [0.1, 0.15) is 11.4 Å². The smallest absolute Gasteiger partial charge is 0.131 e. The van der Waals surface area contributed by atoms with Crippen molar-refractivity contribution in [2.24, 2.45) is 0 Å². The van der Waals surface area contributed by atoms with E-state index in [0.717, 1.165) is 27.8 Å². The van der Waals surface area contributed by atoms with Crippen LogP contribution in [0, 0.1) is 5.82 Å². The number of fused-ring (bicyclic) bond motifs is 2. The van der Waals surface area contributed by atoms with Gasteiger partial charge in [-0.15, -0.1) is 0 Å². The van der Waals surface area contributed by atoms with Gasteiger partial charge in [0.05, 0.1) is 6.61 Å². The normalized spacial score (nSPS) is 21.5. The second kappa shape index (κ2) is 6.13. The summed E-state index contributed by atoms with van der Waals surface area (Å²) >= 11 is 0. The second-order valence-corrected chi connectivity index (χ2v) is 7.78. The molecule has 0 N–H and O–H groups in total. The van der Waals surface area contributed by atoms with Gasteiger partial charge in [0.2, 0.25) is 0 Å². The molecule has 0 unspecified atom stereocenters. The maximum absolute atomic E-state index is 15.3. The molecule has 0 aromatic heterocycles. The summed E-state index contributed by atoms with van der Waals surface area (Å²) in [5, 5.41) is 0. The van der Waals surface area contributed by atoms with E-state index in [1.54, 1.807) is 6.07 Å². The van der Waals surface area contributed by atoms with E-state index in [2.05, 4.69) is 42.5 Å². The van der Waals surface area contributed by atoms with Gasteiger partial charge in [-0.2, -0.15) is 0 Å². The van der Waals surface area contributed by atoms with Crippen LogP contribution in [-0.2, 0) is 16.9 Å². The quantitative estimate of drug-likeness (QED) is 0.391. The van der Waals surface area contributed by atoms with Gasteiger partial charge in [0.15, 0.2) is 0 Å². The molecule has 140 valence electrons. The zero-order valence-electron chi connectivity index (χ0n) is 15.8. The monoisotopic (exact) mass is 378 g/mol. The summed E-state index contributed by atoms with van der Waals surface area (Å²) in [6.45, 7) is 0.481. The van der Waals surface area contributed by atoms with Gasteiger partial charge in [-0.25, -0.2) is 4.39 Å². The molecular weight excluding hydrogens is 359 g/mol. The van der Waals surface area contributed by atoms with Crippen molar-refractivity contribution in [3.8, 4) is 11.1 Å². The van der Waals surface area contributed by atoms with Crippen LogP contribution in [0.1, 0.15) is 33.7 Å². The number of benzene rings is 4. The van der Waals surface area contributed by atoms with Gasteiger partial charge in [0.25, 0.3) is 0 Å². The minimum Gasteiger partial charge on any atom is -0.360 e. The predicted octanol–water partition coefficient (Wildman–Crippen LogP) is 6.41. The maximum atomic E-state index is 15.3. The molecule has 0 radical (unpaired) electrons. The van der Waals surface area contributed by atoms with E-state index in [1.165, 1.54) is 5.56 Å². The van der Waals surface area contributed by atoms with E-state index in [0.29, 0.717) is 12.2 Å². The molecule has 0 saturated carbocycles. The van der Waals surface area contributed by atoms with Gasteiger partial charge in [-0.1, -0.05) is 91.0 Å². The van der Waals surface area contributed by atoms with Crippen LogP contribution in [0.4, 0.5) is 4.39 Å². The Hall–Kier alpha value is -3.23. The van der Waals surface area contributed by atoms with Gasteiger partial charge < -0.3 is 4.74 Å². The van der Waals surface area contributed by atoms with Crippen LogP contribution in [0.25, 0.3) is 11.1 Å². The summed E-state index contributed by atoms with van der Waals surface area (Å²) in [6.07, 6.45) is 0. The lowest BCUT2D eigenvalue weighted by Gasteiger charge is -2.44. The second-order valence-electron chi connectivity index (χ2n) is 7.78. The number of halogens is 1. The third-order valence-electron chi connectivity index (χ3n) is 6.35. The van der Waals surface area contributed by atoms with Crippen molar-refractivity contribution in [2.45, 2.75) is 18.1 Å². The lowest BCUT2D eigenvalue weighted by molar-refractivity contribution is -0.0185. The van der Waals surface area contributed by atoms with Crippen molar-refractivity contribution in [3.63, 3.8) is 0 Å². The molecule has 0 fully saturated rings. The molecule has 0 saturated heterocycles. The molecule has 4 aromatic rings. The van der Waals surface area contributed by atoms with Gasteiger partial charge in [-0.05, 0) is 33.9 Å². The van der Waals surface area contributed by atoms with Crippen LogP contribution in [0.2, 0.25) is 0 Å². The number of rotatable bonds is 2. The topological polar surface area (TPSA) is 9.23 Å². The average Bonchev–Trinajstić information content (AvgIpc) is 3.17. The standard InChI is InChI=1S/C27H19FO/c28-23-16-15-19-17-29-27(20-11-5-2-6-12-20)25(18-9-3-1-4-10-18)22-14-8-7-13-21(22)24(23)26(19)27/h1-16,25H,17H2/t25-,27-/m1/s1. The Morgan fingerprint density at radius 3 is 2.24 bits per heavy atom. The van der Waals surface area contributed by atoms with Gasteiger partial charge in [-0.3, -0.25) is 0 Å². The zero-order valence-corrected chi connectivity index (χ0v) is 15.8. The zero-order chi connectivity index (χ0) is 19.4. The van der Waals surface area contributed by atoms with Crippen molar-refractivity contribution in [1.29, 1.82) is 0 Å². The molecule has 1 heterocycles. The summed E-state index contributed by atoms with van der Waals surface area (Å²) in [7, 11) is 0. The molecule has 2 atom stereocenters. The van der Waals surface area contributed by atoms with E-state index in [9.17, 15) is 0 Å². The molecule has 1 aliphatic heterocycles. The molecule has 29 heavy (non-hydrogen) atoms. The first-order valence-corrected chi connectivity index (χ1v) is 9.96. The lowest BCUT2D eigenvalue weighted by atomic mass is 9.63. The summed E-state index contributed by atoms with van der Waals surface area (Å²) in [6, 6.07) is 32.4. The van der Waals surface area contributed by atoms with Crippen LogP contribution >= 0.6 is 0 Å². The molecule has 1 aliphatic carbocycles. The molecule has 4 aromatic carbocycles. The summed E-state index contributed by atoms with van der Waals surface area (Å²) in [4.78, 5) is 0. The molecule has 1 nitrogen and oxygen atoms in total. The third kappa shape index (κ3) is 2.18. The maximum Gasteiger partial charge on any atom is 0.131 e. The van der Waals surface area contributed by atoms with Gasteiger partial charge >= 0.3 is 0 Å². The fourth-order valence-corrected chi connectivity index (χ4v) is 5.25. The van der Waals surface area contributed by atoms with Crippen LogP contribution < -0.4 is 0 Å². The first-order chi connectivity index (χ1) is 14.3. The fraction of sp³-hybridized carbons (Fsp3) is 0.111. The Bertz CT molecular complexity index is 1220. The average molecular weight is 378 g/mol. The first-order valence-electron chi connectivity index (χ1n) is 9.96. The highest BCUT2D eigenvalue weighted by molar-refractivity contribution is 5.81. The van der Waals surface area contributed by atoms with E-state index >= 15 is 4.39 Å². The van der Waals surface area contributed by atoms with E-state index in [1.807, 2.05) is 48.5 Å². The van der Waals surface area contributed by atoms with Crippen LogP contribution in [0.3, 0.4) is 0 Å². The minimum atomic E-state index is -0.746. The Morgan fingerprint density at radius 2 is 1.45 bits per heavy atom. The highest BCUT2D eigenvalue weighted by Gasteiger charge is 2.54. The molecular formula is C27H19FO. The SMILES string of the molecule is Fc1ccc2c3c1-c1ccccc1[C@@H](c1ccccc1)[C@@]3(c1ccccc1)OC2. The lowest BCUT2D eigenvalue weighted by Crippen LogP contribution is -2.38. The van der Waals surface area contributed by atoms with Gasteiger partial charge in [0, 0.05) is 17.0 Å². The van der Waals surface area contributed by atoms with E-state index < -0.39 is 5.60 Å². The number of ether oxygens (including phenoxy) is 1. The predicted molar refractivity (Wildman–Crippen MR) is 112 cm³/mol. The summed E-state index contributed by atoms with van der Waals surface area (Å²) in [5.74, 6) is -0.244. The Balaban J connectivity index is 1.79. The molecule has 0 amide bonds. The van der Waals surface area contributed by atoms with Crippen molar-refractivity contribution >= 4 is 0 Å². The van der Waals surface area contributed by atoms with E-state index in [-0.39, 0.29) is 11.7 Å². The highest BCUT2D eigenvalue weighted by Crippen LogP contribution is 2.61. The summed E-state index contributed by atoms with van der Waals surface area (Å²) in [5.41, 5.74) is 6.30. The van der Waals surface area contributed by atoms with Crippen molar-refractivity contribution in [2.75, 3.05) is 0 Å². The van der Waals surface area contributed by atoms with Crippen molar-refractivity contribution in [3.05, 3.63) is 131 Å². The van der Waals surface area contributed by atoms with Crippen LogP contribution in [0.5, 0.6) is 0 Å². The highest BCUT2D eigenvalue weighted by atomic mass is 19.1. The Kier molecular flexibility index (Phi) is 3.53. The van der Waals surface area contributed by atoms with E-state index in [4.69, 9.17) is 4.74 Å². The largest absolute Gasteiger partial charge is 0.360 e. The van der Waals surface area contributed by atoms with Crippen LogP contribution in [0.15, 0.2) is 97.1 Å².